The molecular weight excluding hydrogens is 797 g/mol. The minimum atomic E-state index is -0.793. The Morgan fingerprint density at radius 1 is 0.318 bits per heavy atom. The zero-order valence-electron chi connectivity index (χ0n) is 41.6. The molecular formula is C64H46N2. The minimum absolute atomic E-state index is 0.0922. The number of nitrogens with zero attached hydrogens (tertiary/aromatic N) is 2. The standard InChI is InChI=1S/C64H46N2/c1-63(2)56-30-16-12-27-50(56)53-37-35-47(40-59(53)63)66(62-33-19-15-26-49(62)43-20-6-3-7-21-43)48-36-39-55-52-29-14-18-32-58(52)64(61(55)42-48)57-31-17-13-28-51(57)54-38-34-46(41-60(54)64)65(44-22-8-4-9-23-44)45-24-10-5-11-25-45/h3-42H,1-2H3/i4D,8D,9D,22D,23D. The number of rotatable bonds is 7. The van der Waals surface area contributed by atoms with Gasteiger partial charge in [-0.1, -0.05) is 190 Å². The summed E-state index contributed by atoms with van der Waals surface area (Å²) in [5.41, 5.74) is 20.0. The Bertz CT molecular complexity index is 3790. The summed E-state index contributed by atoms with van der Waals surface area (Å²) >= 11 is 0. The maximum Gasteiger partial charge on any atom is 0.0727 e. The lowest BCUT2D eigenvalue weighted by Gasteiger charge is -2.34. The van der Waals surface area contributed by atoms with E-state index in [0.29, 0.717) is 11.4 Å². The summed E-state index contributed by atoms with van der Waals surface area (Å²) in [6.07, 6.45) is 0. The van der Waals surface area contributed by atoms with Crippen LogP contribution in [0.15, 0.2) is 243 Å². The molecule has 0 bridgehead atoms. The van der Waals surface area contributed by atoms with Crippen molar-refractivity contribution in [1.29, 1.82) is 0 Å². The summed E-state index contributed by atoms with van der Waals surface area (Å²) in [4.78, 5) is 4.26. The van der Waals surface area contributed by atoms with E-state index in [1.54, 1.807) is 0 Å². The van der Waals surface area contributed by atoms with Crippen LogP contribution in [0.2, 0.25) is 0 Å². The molecule has 0 radical (unpaired) electrons. The third-order valence-electron chi connectivity index (χ3n) is 14.4. The molecule has 312 valence electrons. The summed E-state index contributed by atoms with van der Waals surface area (Å²) in [6, 6.07) is 73.8. The molecule has 0 N–H and O–H groups in total. The molecule has 0 aliphatic heterocycles. The normalized spacial score (nSPS) is 16.4. The van der Waals surface area contributed by atoms with E-state index in [-0.39, 0.29) is 35.3 Å². The fraction of sp³-hybridized carbons (Fsp3) is 0.0625. The van der Waals surface area contributed by atoms with Gasteiger partial charge in [-0.15, -0.1) is 0 Å². The van der Waals surface area contributed by atoms with Crippen molar-refractivity contribution in [2.75, 3.05) is 9.80 Å². The van der Waals surface area contributed by atoms with Gasteiger partial charge in [-0.25, -0.2) is 0 Å². The third kappa shape index (κ3) is 5.48. The first-order valence-corrected chi connectivity index (χ1v) is 22.7. The first-order chi connectivity index (χ1) is 34.6. The molecule has 0 amide bonds. The number of benzene rings is 10. The van der Waals surface area contributed by atoms with Crippen LogP contribution in [0.1, 0.15) is 54.1 Å². The molecule has 10 aromatic carbocycles. The van der Waals surface area contributed by atoms with Crippen LogP contribution >= 0.6 is 0 Å². The maximum atomic E-state index is 9.23. The summed E-state index contributed by atoms with van der Waals surface area (Å²) in [6.45, 7) is 4.67. The van der Waals surface area contributed by atoms with Crippen molar-refractivity contribution in [1.82, 2.24) is 0 Å². The predicted molar refractivity (Wildman–Crippen MR) is 275 cm³/mol. The maximum absolute atomic E-state index is 9.23. The zero-order valence-corrected chi connectivity index (χ0v) is 36.6. The molecule has 0 aromatic heterocycles. The summed E-state index contributed by atoms with van der Waals surface area (Å²) < 4.78 is 44.4. The Hall–Kier alpha value is -8.20. The van der Waals surface area contributed by atoms with Gasteiger partial charge >= 0.3 is 0 Å². The number of hydrogen-bond donors (Lipinski definition) is 0. The second kappa shape index (κ2) is 14.7. The SMILES string of the molecule is [2H]c1c([2H])c([2H])c(N(c2ccccc2)c2ccc3c(c2)C2(c4ccccc4-c4ccc(N(c5ccc6c(c5)C(C)(C)c5ccccc5-6)c5ccccc5-c5ccccc5)cc42)c2ccccc2-3)c([2H])c1[2H]. The lowest BCUT2D eigenvalue weighted by atomic mass is 9.70. The highest BCUT2D eigenvalue weighted by atomic mass is 15.1. The molecule has 0 fully saturated rings. The third-order valence-corrected chi connectivity index (χ3v) is 14.4. The van der Waals surface area contributed by atoms with E-state index < -0.39 is 11.5 Å². The van der Waals surface area contributed by atoms with E-state index in [0.717, 1.165) is 72.7 Å². The van der Waals surface area contributed by atoms with Gasteiger partial charge in [0.1, 0.15) is 0 Å². The van der Waals surface area contributed by atoms with Gasteiger partial charge in [-0.05, 0) is 139 Å². The van der Waals surface area contributed by atoms with Crippen molar-refractivity contribution >= 4 is 34.1 Å². The van der Waals surface area contributed by atoms with Crippen molar-refractivity contribution in [3.63, 3.8) is 0 Å². The first-order valence-electron chi connectivity index (χ1n) is 25.2. The van der Waals surface area contributed by atoms with E-state index in [1.165, 1.54) is 22.3 Å². The monoisotopic (exact) mass is 847 g/mol. The van der Waals surface area contributed by atoms with Crippen LogP contribution in [-0.2, 0) is 10.8 Å². The molecule has 1 atom stereocenters. The van der Waals surface area contributed by atoms with Gasteiger partial charge in [0, 0.05) is 39.4 Å². The molecule has 0 heterocycles. The van der Waals surface area contributed by atoms with E-state index >= 15 is 0 Å². The van der Waals surface area contributed by atoms with Crippen LogP contribution in [0.5, 0.6) is 0 Å². The number of fused-ring (bicyclic) bond motifs is 13. The summed E-state index contributed by atoms with van der Waals surface area (Å²) in [7, 11) is 0. The van der Waals surface area contributed by atoms with Gasteiger partial charge in [0.15, 0.2) is 0 Å². The van der Waals surface area contributed by atoms with Gasteiger partial charge in [0.05, 0.1) is 18.0 Å². The van der Waals surface area contributed by atoms with Crippen LogP contribution in [-0.4, -0.2) is 0 Å². The first kappa shape index (κ1) is 33.3. The van der Waals surface area contributed by atoms with E-state index in [2.05, 4.69) is 195 Å². The van der Waals surface area contributed by atoms with Gasteiger partial charge in [-0.2, -0.15) is 0 Å². The molecule has 66 heavy (non-hydrogen) atoms. The molecule has 3 aliphatic carbocycles. The van der Waals surface area contributed by atoms with Crippen LogP contribution in [0.25, 0.3) is 44.5 Å². The topological polar surface area (TPSA) is 6.48 Å². The van der Waals surface area contributed by atoms with Gasteiger partial charge in [0.2, 0.25) is 0 Å². The Morgan fingerprint density at radius 3 is 1.33 bits per heavy atom. The van der Waals surface area contributed by atoms with E-state index in [4.69, 9.17) is 4.11 Å². The lowest BCUT2D eigenvalue weighted by molar-refractivity contribution is 0.660. The summed E-state index contributed by atoms with van der Waals surface area (Å²) in [5.74, 6) is 0. The van der Waals surface area contributed by atoms with Crippen molar-refractivity contribution in [2.45, 2.75) is 24.7 Å². The highest BCUT2D eigenvalue weighted by Gasteiger charge is 2.52. The lowest BCUT2D eigenvalue weighted by Crippen LogP contribution is -2.26. The Labute approximate surface area is 394 Å². The second-order valence-electron chi connectivity index (χ2n) is 18.1. The van der Waals surface area contributed by atoms with Gasteiger partial charge in [0.25, 0.3) is 0 Å². The zero-order chi connectivity index (χ0) is 48.3. The molecule has 1 spiro atoms. The molecule has 2 heteroatoms. The van der Waals surface area contributed by atoms with Crippen molar-refractivity contribution in [3.8, 4) is 44.5 Å². The van der Waals surface area contributed by atoms with Crippen molar-refractivity contribution < 1.29 is 6.85 Å². The molecule has 3 aliphatic rings. The molecule has 13 rings (SSSR count). The predicted octanol–water partition coefficient (Wildman–Crippen LogP) is 16.9. The van der Waals surface area contributed by atoms with Gasteiger partial charge in [-0.3, -0.25) is 0 Å². The minimum Gasteiger partial charge on any atom is -0.310 e. The number of para-hydroxylation sites is 3. The summed E-state index contributed by atoms with van der Waals surface area (Å²) in [5, 5.41) is 0. The fourth-order valence-electron chi connectivity index (χ4n) is 11.5. The van der Waals surface area contributed by atoms with Crippen molar-refractivity contribution in [2.24, 2.45) is 0 Å². The molecule has 2 nitrogen and oxygen atoms in total. The van der Waals surface area contributed by atoms with Crippen LogP contribution < -0.4 is 9.80 Å². The fourth-order valence-corrected chi connectivity index (χ4v) is 11.5. The largest absolute Gasteiger partial charge is 0.310 e. The number of hydrogen-bond acceptors (Lipinski definition) is 2. The average Bonchev–Trinajstić information content (AvgIpc) is 3.97. The molecule has 1 unspecified atom stereocenters. The quantitative estimate of drug-likeness (QED) is 0.158. The van der Waals surface area contributed by atoms with E-state index in [1.807, 2.05) is 41.3 Å². The van der Waals surface area contributed by atoms with Crippen LogP contribution in [0.4, 0.5) is 34.1 Å². The Kier molecular flexibility index (Phi) is 7.41. The van der Waals surface area contributed by atoms with Crippen molar-refractivity contribution in [3.05, 3.63) is 276 Å². The highest BCUT2D eigenvalue weighted by molar-refractivity contribution is 5.98. The number of anilines is 6. The molecule has 10 aromatic rings. The highest BCUT2D eigenvalue weighted by Crippen LogP contribution is 2.64. The molecule has 0 saturated heterocycles. The molecule has 0 saturated carbocycles. The smallest absolute Gasteiger partial charge is 0.0727 e. The van der Waals surface area contributed by atoms with Crippen LogP contribution in [0.3, 0.4) is 0 Å². The van der Waals surface area contributed by atoms with Crippen LogP contribution in [0, 0.1) is 0 Å². The Morgan fingerprint density at radius 2 is 0.742 bits per heavy atom. The second-order valence-corrected chi connectivity index (χ2v) is 18.1. The van der Waals surface area contributed by atoms with Gasteiger partial charge < -0.3 is 9.80 Å². The average molecular weight is 848 g/mol. The Balaban J connectivity index is 1.08. The van der Waals surface area contributed by atoms with E-state index in [9.17, 15) is 2.74 Å².